The van der Waals surface area contributed by atoms with E-state index in [0.29, 0.717) is 12.0 Å². The van der Waals surface area contributed by atoms with Crippen molar-refractivity contribution < 1.29 is 13.6 Å². The van der Waals surface area contributed by atoms with Crippen LogP contribution in [0.4, 0.5) is 8.78 Å². The van der Waals surface area contributed by atoms with E-state index in [2.05, 4.69) is 0 Å². The summed E-state index contributed by atoms with van der Waals surface area (Å²) in [4.78, 5) is 11.8. The van der Waals surface area contributed by atoms with Crippen molar-refractivity contribution >= 4 is 5.78 Å². The van der Waals surface area contributed by atoms with Crippen LogP contribution < -0.4 is 5.73 Å². The second-order valence-electron chi connectivity index (χ2n) is 4.14. The predicted octanol–water partition coefficient (Wildman–Crippen LogP) is 2.45. The Morgan fingerprint density at radius 2 is 1.88 bits per heavy atom. The molecule has 0 spiro atoms. The monoisotopic (exact) mass is 241 g/mol. The number of carbonyl (C=O) groups excluding carboxylic acids is 1. The van der Waals surface area contributed by atoms with Gasteiger partial charge in [-0.25, -0.2) is 8.78 Å². The molecule has 0 fully saturated rings. The second-order valence-corrected chi connectivity index (χ2v) is 4.14. The van der Waals surface area contributed by atoms with Crippen molar-refractivity contribution in [2.45, 2.75) is 26.2 Å². The van der Waals surface area contributed by atoms with Crippen LogP contribution >= 0.6 is 0 Å². The Balaban J connectivity index is 2.72. The Bertz CT molecular complexity index is 373. The van der Waals surface area contributed by atoms with Crippen LogP contribution in [0.25, 0.3) is 0 Å². The maximum Gasteiger partial charge on any atom is 0.141 e. The molecule has 1 rings (SSSR count). The average Bonchev–Trinajstić information content (AvgIpc) is 2.24. The van der Waals surface area contributed by atoms with Gasteiger partial charge in [0.2, 0.25) is 0 Å². The Morgan fingerprint density at radius 3 is 2.35 bits per heavy atom. The molecule has 0 bridgehead atoms. The molecule has 0 saturated heterocycles. The van der Waals surface area contributed by atoms with Crippen molar-refractivity contribution in [3.8, 4) is 0 Å². The van der Waals surface area contributed by atoms with E-state index >= 15 is 0 Å². The lowest BCUT2D eigenvalue weighted by Gasteiger charge is -2.12. The van der Waals surface area contributed by atoms with Crippen LogP contribution in [-0.4, -0.2) is 12.3 Å². The number of hydrogen-bond acceptors (Lipinski definition) is 2. The molecule has 1 unspecified atom stereocenters. The molecule has 1 aromatic rings. The van der Waals surface area contributed by atoms with Gasteiger partial charge >= 0.3 is 0 Å². The van der Waals surface area contributed by atoms with Crippen molar-refractivity contribution in [2.75, 3.05) is 6.54 Å². The van der Waals surface area contributed by atoms with Crippen LogP contribution in [0.3, 0.4) is 0 Å². The quantitative estimate of drug-likeness (QED) is 0.831. The fourth-order valence-corrected chi connectivity index (χ4v) is 1.82. The zero-order valence-electron chi connectivity index (χ0n) is 9.88. The maximum absolute atomic E-state index is 12.9. The molecule has 0 aromatic heterocycles. The number of Topliss-reactive ketones (excluding diaryl/α,β-unsaturated/α-hetero) is 1. The van der Waals surface area contributed by atoms with Gasteiger partial charge in [0, 0.05) is 24.9 Å². The van der Waals surface area contributed by atoms with Crippen LogP contribution in [0.15, 0.2) is 18.2 Å². The number of benzene rings is 1. The summed E-state index contributed by atoms with van der Waals surface area (Å²) in [5.41, 5.74) is 5.87. The van der Waals surface area contributed by atoms with Crippen molar-refractivity contribution in [1.29, 1.82) is 0 Å². The van der Waals surface area contributed by atoms with Gasteiger partial charge in [0.25, 0.3) is 0 Å². The second kappa shape index (κ2) is 6.45. The summed E-state index contributed by atoms with van der Waals surface area (Å²) in [6, 6.07) is 3.15. The zero-order chi connectivity index (χ0) is 12.8. The molecule has 94 valence electrons. The van der Waals surface area contributed by atoms with Gasteiger partial charge in [-0.1, -0.05) is 13.3 Å². The Labute approximate surface area is 99.8 Å². The van der Waals surface area contributed by atoms with Crippen LogP contribution in [-0.2, 0) is 11.2 Å². The third-order valence-corrected chi connectivity index (χ3v) is 2.68. The number of carbonyl (C=O) groups is 1. The van der Waals surface area contributed by atoms with Gasteiger partial charge in [0.15, 0.2) is 0 Å². The zero-order valence-corrected chi connectivity index (χ0v) is 9.88. The molecule has 0 radical (unpaired) electrons. The molecule has 1 atom stereocenters. The first-order valence-corrected chi connectivity index (χ1v) is 5.74. The van der Waals surface area contributed by atoms with Crippen LogP contribution in [0, 0.1) is 17.6 Å². The van der Waals surface area contributed by atoms with Crippen molar-refractivity contribution in [3.63, 3.8) is 0 Å². The van der Waals surface area contributed by atoms with Crippen LogP contribution in [0.1, 0.15) is 25.3 Å². The average molecular weight is 241 g/mol. The predicted molar refractivity (Wildman–Crippen MR) is 62.5 cm³/mol. The van der Waals surface area contributed by atoms with E-state index in [1.54, 1.807) is 0 Å². The molecular formula is C13H17F2NO. The fraction of sp³-hybridized carbons (Fsp3) is 0.462. The molecule has 0 aliphatic heterocycles. The third kappa shape index (κ3) is 4.23. The summed E-state index contributed by atoms with van der Waals surface area (Å²) in [7, 11) is 0. The lowest BCUT2D eigenvalue weighted by Crippen LogP contribution is -2.25. The van der Waals surface area contributed by atoms with Gasteiger partial charge in [0.1, 0.15) is 17.4 Å². The molecule has 2 nitrogen and oxygen atoms in total. The van der Waals surface area contributed by atoms with Gasteiger partial charge in [-0.3, -0.25) is 4.79 Å². The van der Waals surface area contributed by atoms with Gasteiger partial charge in [-0.15, -0.1) is 0 Å². The maximum atomic E-state index is 12.9. The SMILES string of the molecule is CCCC(CN)C(=O)Cc1cc(F)cc(F)c1. The normalized spacial score (nSPS) is 12.5. The molecule has 0 aliphatic rings. The molecule has 17 heavy (non-hydrogen) atoms. The third-order valence-electron chi connectivity index (χ3n) is 2.68. The highest BCUT2D eigenvalue weighted by atomic mass is 19.1. The summed E-state index contributed by atoms with van der Waals surface area (Å²) in [5, 5.41) is 0. The summed E-state index contributed by atoms with van der Waals surface area (Å²) >= 11 is 0. The smallest absolute Gasteiger partial charge is 0.141 e. The number of rotatable bonds is 6. The molecule has 1 aromatic carbocycles. The van der Waals surface area contributed by atoms with Gasteiger partial charge < -0.3 is 5.73 Å². The van der Waals surface area contributed by atoms with Crippen LogP contribution in [0.5, 0.6) is 0 Å². The standard InChI is InChI=1S/C13H17F2NO/c1-2-3-10(8-16)13(17)6-9-4-11(14)7-12(15)5-9/h4-5,7,10H,2-3,6,8,16H2,1H3. The molecule has 0 aliphatic carbocycles. The molecule has 0 amide bonds. The minimum atomic E-state index is -0.660. The first-order valence-electron chi connectivity index (χ1n) is 5.74. The minimum Gasteiger partial charge on any atom is -0.330 e. The lowest BCUT2D eigenvalue weighted by molar-refractivity contribution is -0.122. The van der Waals surface area contributed by atoms with Crippen molar-refractivity contribution in [1.82, 2.24) is 0 Å². The largest absolute Gasteiger partial charge is 0.330 e. The minimum absolute atomic E-state index is 0.0382. The highest BCUT2D eigenvalue weighted by molar-refractivity contribution is 5.83. The van der Waals surface area contributed by atoms with Crippen LogP contribution in [0.2, 0.25) is 0 Å². The highest BCUT2D eigenvalue weighted by Crippen LogP contribution is 2.13. The Kier molecular flexibility index (Phi) is 5.22. The number of nitrogens with two attached hydrogens (primary N) is 1. The summed E-state index contributed by atoms with van der Waals surface area (Å²) in [6.45, 7) is 2.25. The van der Waals surface area contributed by atoms with E-state index < -0.39 is 11.6 Å². The Hall–Kier alpha value is -1.29. The van der Waals surface area contributed by atoms with E-state index in [4.69, 9.17) is 5.73 Å². The molecular weight excluding hydrogens is 224 g/mol. The highest BCUT2D eigenvalue weighted by Gasteiger charge is 2.16. The topological polar surface area (TPSA) is 43.1 Å². The van der Waals surface area contributed by atoms with E-state index in [0.717, 1.165) is 12.5 Å². The van der Waals surface area contributed by atoms with E-state index in [1.807, 2.05) is 6.92 Å². The lowest BCUT2D eigenvalue weighted by atomic mass is 9.94. The number of hydrogen-bond donors (Lipinski definition) is 1. The van der Waals surface area contributed by atoms with Gasteiger partial charge in [0.05, 0.1) is 0 Å². The van der Waals surface area contributed by atoms with E-state index in [-0.39, 0.29) is 24.7 Å². The van der Waals surface area contributed by atoms with Crippen molar-refractivity contribution in [2.24, 2.45) is 11.7 Å². The molecule has 2 N–H and O–H groups in total. The fourth-order valence-electron chi connectivity index (χ4n) is 1.82. The summed E-state index contributed by atoms with van der Waals surface area (Å²) < 4.78 is 25.9. The summed E-state index contributed by atoms with van der Waals surface area (Å²) in [6.07, 6.45) is 1.62. The Morgan fingerprint density at radius 1 is 1.29 bits per heavy atom. The van der Waals surface area contributed by atoms with E-state index in [1.165, 1.54) is 12.1 Å². The first-order chi connectivity index (χ1) is 8.06. The number of halogens is 2. The number of ketones is 1. The molecule has 4 heteroatoms. The molecule has 0 heterocycles. The van der Waals surface area contributed by atoms with Gasteiger partial charge in [-0.05, 0) is 24.1 Å². The van der Waals surface area contributed by atoms with Gasteiger partial charge in [-0.2, -0.15) is 0 Å². The first kappa shape index (κ1) is 13.8. The summed E-state index contributed by atoms with van der Waals surface area (Å²) in [5.74, 6) is -1.59. The van der Waals surface area contributed by atoms with E-state index in [9.17, 15) is 13.6 Å². The molecule has 0 saturated carbocycles. The van der Waals surface area contributed by atoms with Crippen molar-refractivity contribution in [3.05, 3.63) is 35.4 Å².